The van der Waals surface area contributed by atoms with E-state index >= 15 is 0 Å². The quantitative estimate of drug-likeness (QED) is 0.518. The van der Waals surface area contributed by atoms with Crippen LogP contribution in [-0.4, -0.2) is 18.6 Å². The number of nitrogens with zero attached hydrogens (tertiary/aromatic N) is 1. The lowest BCUT2D eigenvalue weighted by molar-refractivity contribution is -0.134. The van der Waals surface area contributed by atoms with Crippen LogP contribution in [0.5, 0.6) is 0 Å². The monoisotopic (exact) mass is 465 g/mol. The molecule has 1 fully saturated rings. The second-order valence-corrected chi connectivity index (χ2v) is 9.59. The Hall–Kier alpha value is -3.27. The van der Waals surface area contributed by atoms with Crippen LogP contribution in [-0.2, 0) is 16.8 Å². The number of anilines is 1. The fourth-order valence-electron chi connectivity index (χ4n) is 5.28. The van der Waals surface area contributed by atoms with Gasteiger partial charge in [-0.25, -0.2) is 0 Å². The van der Waals surface area contributed by atoms with Gasteiger partial charge >= 0.3 is 6.18 Å². The fraction of sp³-hybridized carbons (Fsp3) is 0.407. The summed E-state index contributed by atoms with van der Waals surface area (Å²) in [5.74, 6) is 0.287. The zero-order valence-corrected chi connectivity index (χ0v) is 18.8. The lowest BCUT2D eigenvalue weighted by atomic mass is 9.78. The summed E-state index contributed by atoms with van der Waals surface area (Å²) < 4.78 is 37.1. The average molecular weight is 466 g/mol. The number of amides is 1. The third kappa shape index (κ3) is 4.42. The van der Waals surface area contributed by atoms with Gasteiger partial charge in [0.2, 0.25) is 0 Å². The molecule has 176 valence electrons. The molecule has 1 heterocycles. The van der Waals surface area contributed by atoms with Gasteiger partial charge in [0, 0.05) is 25.1 Å². The SMILES string of the molecule is N#CC1=C(c2ccc(C3CC3)cc2)C[C@]2(CCc3cc(NCCCC(F)(F)F)ccc32)NC1=O. The number of benzene rings is 2. The summed E-state index contributed by atoms with van der Waals surface area (Å²) in [6.45, 7) is 0.245. The van der Waals surface area contributed by atoms with Gasteiger partial charge in [-0.2, -0.15) is 18.4 Å². The molecule has 1 spiro atoms. The molecule has 34 heavy (non-hydrogen) atoms. The van der Waals surface area contributed by atoms with Crippen LogP contribution in [0.3, 0.4) is 0 Å². The zero-order chi connectivity index (χ0) is 23.9. The van der Waals surface area contributed by atoms with E-state index in [1.165, 1.54) is 18.4 Å². The van der Waals surface area contributed by atoms with Gasteiger partial charge in [0.1, 0.15) is 11.6 Å². The normalized spacial score (nSPS) is 21.9. The van der Waals surface area contributed by atoms with Crippen LogP contribution in [0, 0.1) is 11.3 Å². The Morgan fingerprint density at radius 1 is 1.15 bits per heavy atom. The highest BCUT2D eigenvalue weighted by molar-refractivity contribution is 6.07. The first-order valence-corrected chi connectivity index (χ1v) is 11.8. The predicted molar refractivity (Wildman–Crippen MR) is 124 cm³/mol. The Morgan fingerprint density at radius 2 is 1.91 bits per heavy atom. The van der Waals surface area contributed by atoms with E-state index < -0.39 is 18.1 Å². The summed E-state index contributed by atoms with van der Waals surface area (Å²) in [6, 6.07) is 16.2. The molecule has 0 radical (unpaired) electrons. The zero-order valence-electron chi connectivity index (χ0n) is 18.8. The Labute approximate surface area is 196 Å². The van der Waals surface area contributed by atoms with Crippen molar-refractivity contribution in [2.24, 2.45) is 0 Å². The molecule has 1 aliphatic heterocycles. The molecule has 2 aromatic carbocycles. The molecule has 7 heteroatoms. The van der Waals surface area contributed by atoms with Gasteiger partial charge in [0.15, 0.2) is 0 Å². The summed E-state index contributed by atoms with van der Waals surface area (Å²) in [5, 5.41) is 15.9. The first kappa shape index (κ1) is 22.5. The third-order valence-electron chi connectivity index (χ3n) is 7.19. The van der Waals surface area contributed by atoms with Gasteiger partial charge in [0.25, 0.3) is 5.91 Å². The Bertz CT molecular complexity index is 1190. The van der Waals surface area contributed by atoms with E-state index in [4.69, 9.17) is 0 Å². The molecular weight excluding hydrogens is 439 g/mol. The van der Waals surface area contributed by atoms with Crippen molar-refractivity contribution in [1.82, 2.24) is 5.32 Å². The second-order valence-electron chi connectivity index (χ2n) is 9.59. The van der Waals surface area contributed by atoms with Gasteiger partial charge in [0.05, 0.1) is 5.54 Å². The molecule has 1 atom stereocenters. The maximum absolute atomic E-state index is 13.0. The van der Waals surface area contributed by atoms with Crippen molar-refractivity contribution in [1.29, 1.82) is 5.26 Å². The minimum absolute atomic E-state index is 0.0191. The van der Waals surface area contributed by atoms with Crippen LogP contribution >= 0.6 is 0 Å². The van der Waals surface area contributed by atoms with Crippen molar-refractivity contribution in [3.8, 4) is 6.07 Å². The molecule has 5 rings (SSSR count). The number of hydrogen-bond acceptors (Lipinski definition) is 3. The molecule has 0 bridgehead atoms. The topological polar surface area (TPSA) is 64.9 Å². The summed E-state index contributed by atoms with van der Waals surface area (Å²) in [4.78, 5) is 13.0. The van der Waals surface area contributed by atoms with Crippen molar-refractivity contribution in [3.05, 3.63) is 70.3 Å². The Balaban J connectivity index is 1.37. The van der Waals surface area contributed by atoms with Gasteiger partial charge in [-0.15, -0.1) is 0 Å². The highest BCUT2D eigenvalue weighted by Gasteiger charge is 2.45. The molecule has 0 saturated heterocycles. The lowest BCUT2D eigenvalue weighted by Gasteiger charge is -2.37. The van der Waals surface area contributed by atoms with Crippen LogP contribution in [0.2, 0.25) is 0 Å². The minimum atomic E-state index is -4.14. The molecule has 2 aromatic rings. The number of carbonyl (C=O) groups excluding carboxylic acids is 1. The van der Waals surface area contributed by atoms with E-state index in [1.54, 1.807) is 0 Å². The molecular formula is C27H26F3N3O. The Morgan fingerprint density at radius 3 is 2.59 bits per heavy atom. The molecule has 3 aliphatic rings. The predicted octanol–water partition coefficient (Wildman–Crippen LogP) is 5.96. The van der Waals surface area contributed by atoms with E-state index in [0.29, 0.717) is 18.8 Å². The van der Waals surface area contributed by atoms with Crippen molar-refractivity contribution < 1.29 is 18.0 Å². The number of fused-ring (bicyclic) bond motifs is 2. The van der Waals surface area contributed by atoms with E-state index in [-0.39, 0.29) is 24.4 Å². The Kier molecular flexibility index (Phi) is 5.63. The smallest absolute Gasteiger partial charge is 0.385 e. The van der Waals surface area contributed by atoms with Gasteiger partial charge < -0.3 is 10.6 Å². The fourth-order valence-corrected chi connectivity index (χ4v) is 5.28. The molecule has 0 aromatic heterocycles. The first-order valence-electron chi connectivity index (χ1n) is 11.8. The molecule has 2 N–H and O–H groups in total. The van der Waals surface area contributed by atoms with Crippen LogP contribution in [0.4, 0.5) is 18.9 Å². The molecule has 2 aliphatic carbocycles. The maximum atomic E-state index is 13.0. The standard InChI is InChI=1S/C27H26F3N3O/c28-27(29,30)11-1-13-32-21-8-9-24-20(14-21)10-12-26(24)15-22(23(16-31)25(34)33-26)19-6-4-18(5-7-19)17-2-3-17/h4-9,14,17,32H,1-3,10-13,15H2,(H,33,34)/t26-/m0/s1. The molecule has 1 saturated carbocycles. The number of hydrogen-bond donors (Lipinski definition) is 2. The van der Waals surface area contributed by atoms with E-state index in [2.05, 4.69) is 28.8 Å². The summed E-state index contributed by atoms with van der Waals surface area (Å²) in [6.07, 6.45) is -0.493. The summed E-state index contributed by atoms with van der Waals surface area (Å²) in [7, 11) is 0. The number of nitriles is 1. The van der Waals surface area contributed by atoms with E-state index in [9.17, 15) is 23.2 Å². The van der Waals surface area contributed by atoms with E-state index in [1.807, 2.05) is 30.3 Å². The van der Waals surface area contributed by atoms with Crippen molar-refractivity contribution in [2.75, 3.05) is 11.9 Å². The van der Waals surface area contributed by atoms with Crippen LogP contribution in [0.15, 0.2) is 48.0 Å². The van der Waals surface area contributed by atoms with Crippen LogP contribution < -0.4 is 10.6 Å². The van der Waals surface area contributed by atoms with Crippen LogP contribution in [0.25, 0.3) is 5.57 Å². The minimum Gasteiger partial charge on any atom is -0.385 e. The van der Waals surface area contributed by atoms with Gasteiger partial charge in [-0.05, 0) is 78.0 Å². The van der Waals surface area contributed by atoms with Crippen molar-refractivity contribution in [2.45, 2.75) is 62.6 Å². The number of alkyl halides is 3. The maximum Gasteiger partial charge on any atom is 0.389 e. The molecule has 1 amide bonds. The number of halogens is 3. The third-order valence-corrected chi connectivity index (χ3v) is 7.19. The number of nitrogens with one attached hydrogen (secondary N) is 2. The first-order chi connectivity index (χ1) is 16.3. The molecule has 0 unspecified atom stereocenters. The average Bonchev–Trinajstić information content (AvgIpc) is 3.60. The highest BCUT2D eigenvalue weighted by Crippen LogP contribution is 2.47. The molecule has 4 nitrogen and oxygen atoms in total. The van der Waals surface area contributed by atoms with Crippen molar-refractivity contribution in [3.63, 3.8) is 0 Å². The van der Waals surface area contributed by atoms with Crippen molar-refractivity contribution >= 4 is 17.2 Å². The number of carbonyl (C=O) groups is 1. The van der Waals surface area contributed by atoms with E-state index in [0.717, 1.165) is 34.4 Å². The second kappa shape index (κ2) is 8.50. The van der Waals surface area contributed by atoms with Gasteiger partial charge in [-0.3, -0.25) is 4.79 Å². The lowest BCUT2D eigenvalue weighted by Crippen LogP contribution is -2.48. The highest BCUT2D eigenvalue weighted by atomic mass is 19.4. The van der Waals surface area contributed by atoms with Crippen LogP contribution in [0.1, 0.15) is 66.7 Å². The summed E-state index contributed by atoms with van der Waals surface area (Å²) >= 11 is 0. The van der Waals surface area contributed by atoms with Gasteiger partial charge in [-0.1, -0.05) is 30.3 Å². The largest absolute Gasteiger partial charge is 0.389 e. The number of aryl methyl sites for hydroxylation is 1. The summed E-state index contributed by atoms with van der Waals surface area (Å²) in [5.41, 5.74) is 5.45. The number of rotatable bonds is 6.